The Morgan fingerprint density at radius 2 is 2.06 bits per heavy atom. The molecule has 2 nitrogen and oxygen atoms in total. The van der Waals surface area contributed by atoms with Crippen LogP contribution in [0.1, 0.15) is 20.3 Å². The Labute approximate surface area is 108 Å². The first-order valence-electron chi connectivity index (χ1n) is 6.79. The summed E-state index contributed by atoms with van der Waals surface area (Å²) in [5.41, 5.74) is 5.85. The van der Waals surface area contributed by atoms with Gasteiger partial charge >= 0.3 is 0 Å². The van der Waals surface area contributed by atoms with Crippen LogP contribution in [0.25, 0.3) is 0 Å². The average molecular weight is 238 g/mol. The SMILES string of the molecule is CCC1=C2C=CC3=CC(C)=CN4CN(C=C1)C2C34. The summed E-state index contributed by atoms with van der Waals surface area (Å²) in [5.74, 6) is 0. The van der Waals surface area contributed by atoms with Crippen LogP contribution in [0.2, 0.25) is 0 Å². The second-order valence-electron chi connectivity index (χ2n) is 5.56. The molecule has 1 aliphatic carbocycles. The summed E-state index contributed by atoms with van der Waals surface area (Å²) in [5, 5.41) is 0. The molecule has 0 radical (unpaired) electrons. The van der Waals surface area contributed by atoms with Crippen LogP contribution >= 0.6 is 0 Å². The second kappa shape index (κ2) is 3.41. The molecule has 0 bridgehead atoms. The van der Waals surface area contributed by atoms with Crippen molar-refractivity contribution in [1.82, 2.24) is 9.80 Å². The quantitative estimate of drug-likeness (QED) is 0.693. The fourth-order valence-corrected chi connectivity index (χ4v) is 3.69. The van der Waals surface area contributed by atoms with Crippen molar-refractivity contribution in [3.8, 4) is 0 Å². The van der Waals surface area contributed by atoms with Crippen molar-refractivity contribution in [2.75, 3.05) is 6.67 Å². The van der Waals surface area contributed by atoms with Gasteiger partial charge in [0.05, 0.1) is 18.8 Å². The Bertz CT molecular complexity index is 560. The zero-order chi connectivity index (χ0) is 12.3. The first kappa shape index (κ1) is 10.2. The van der Waals surface area contributed by atoms with Crippen molar-refractivity contribution in [3.63, 3.8) is 0 Å². The van der Waals surface area contributed by atoms with Crippen LogP contribution in [0, 0.1) is 0 Å². The predicted octanol–water partition coefficient (Wildman–Crippen LogP) is 2.95. The van der Waals surface area contributed by atoms with Crippen molar-refractivity contribution in [1.29, 1.82) is 0 Å². The van der Waals surface area contributed by atoms with E-state index in [-0.39, 0.29) is 0 Å². The van der Waals surface area contributed by atoms with Gasteiger partial charge in [-0.1, -0.05) is 25.2 Å². The maximum atomic E-state index is 2.49. The Morgan fingerprint density at radius 3 is 2.89 bits per heavy atom. The van der Waals surface area contributed by atoms with Crippen LogP contribution in [-0.2, 0) is 0 Å². The maximum Gasteiger partial charge on any atom is 0.0906 e. The van der Waals surface area contributed by atoms with Crippen LogP contribution in [0.15, 0.2) is 59.0 Å². The monoisotopic (exact) mass is 238 g/mol. The highest BCUT2D eigenvalue weighted by molar-refractivity contribution is 5.54. The summed E-state index contributed by atoms with van der Waals surface area (Å²) < 4.78 is 0. The average Bonchev–Trinajstić information content (AvgIpc) is 2.74. The standard InChI is InChI=1S/C16H18N2/c1-3-12-6-7-17-10-18-9-11(2)8-13-4-5-14(12)16(17)15(13)18/h4-9,15-16H,3,10H2,1-2H3. The third-order valence-corrected chi connectivity index (χ3v) is 4.44. The first-order valence-corrected chi connectivity index (χ1v) is 6.79. The van der Waals surface area contributed by atoms with Gasteiger partial charge in [-0.25, -0.2) is 0 Å². The molecule has 1 fully saturated rings. The van der Waals surface area contributed by atoms with Crippen LogP contribution in [0.3, 0.4) is 0 Å². The maximum absolute atomic E-state index is 2.49. The normalized spacial score (nSPS) is 31.7. The van der Waals surface area contributed by atoms with Crippen molar-refractivity contribution < 1.29 is 0 Å². The Balaban J connectivity index is 1.91. The van der Waals surface area contributed by atoms with E-state index in [4.69, 9.17) is 0 Å². The van der Waals surface area contributed by atoms with Crippen LogP contribution in [0.4, 0.5) is 0 Å². The van der Waals surface area contributed by atoms with Gasteiger partial charge in [0, 0.05) is 12.4 Å². The fraction of sp³-hybridized carbons (Fsp3) is 0.375. The molecule has 0 aromatic heterocycles. The van der Waals surface area contributed by atoms with Gasteiger partial charge < -0.3 is 9.80 Å². The molecule has 1 saturated heterocycles. The number of rotatable bonds is 1. The van der Waals surface area contributed by atoms with Crippen LogP contribution in [-0.4, -0.2) is 28.6 Å². The lowest BCUT2D eigenvalue weighted by Crippen LogP contribution is -2.41. The molecule has 92 valence electrons. The molecular formula is C16H18N2. The predicted molar refractivity (Wildman–Crippen MR) is 73.6 cm³/mol. The van der Waals surface area contributed by atoms with Gasteiger partial charge in [-0.2, -0.15) is 0 Å². The van der Waals surface area contributed by atoms with E-state index in [1.807, 2.05) is 0 Å². The Hall–Kier alpha value is -1.70. The van der Waals surface area contributed by atoms with E-state index in [1.54, 1.807) is 0 Å². The Morgan fingerprint density at radius 1 is 1.17 bits per heavy atom. The van der Waals surface area contributed by atoms with E-state index in [0.717, 1.165) is 13.1 Å². The molecule has 4 rings (SSSR count). The zero-order valence-corrected chi connectivity index (χ0v) is 10.9. The van der Waals surface area contributed by atoms with Crippen molar-refractivity contribution in [2.45, 2.75) is 32.4 Å². The summed E-state index contributed by atoms with van der Waals surface area (Å²) in [6.07, 6.45) is 15.0. The topological polar surface area (TPSA) is 6.48 Å². The Kier molecular flexibility index (Phi) is 1.94. The molecule has 2 atom stereocenters. The molecular weight excluding hydrogens is 220 g/mol. The van der Waals surface area contributed by atoms with Crippen molar-refractivity contribution >= 4 is 0 Å². The molecule has 0 amide bonds. The summed E-state index contributed by atoms with van der Waals surface area (Å²) >= 11 is 0. The molecule has 18 heavy (non-hydrogen) atoms. The lowest BCUT2D eigenvalue weighted by molar-refractivity contribution is 0.340. The highest BCUT2D eigenvalue weighted by Gasteiger charge is 2.44. The molecule has 3 heterocycles. The fourth-order valence-electron chi connectivity index (χ4n) is 3.69. The van der Waals surface area contributed by atoms with Gasteiger partial charge in [-0.05, 0) is 41.7 Å². The smallest absolute Gasteiger partial charge is 0.0906 e. The lowest BCUT2D eigenvalue weighted by Gasteiger charge is -2.37. The van der Waals surface area contributed by atoms with Crippen LogP contribution < -0.4 is 0 Å². The minimum absolute atomic E-state index is 0.528. The number of hydrogen-bond acceptors (Lipinski definition) is 2. The van der Waals surface area contributed by atoms with Crippen LogP contribution in [0.5, 0.6) is 0 Å². The van der Waals surface area contributed by atoms with Gasteiger partial charge in [0.1, 0.15) is 0 Å². The molecule has 0 saturated carbocycles. The van der Waals surface area contributed by atoms with E-state index < -0.39 is 0 Å². The zero-order valence-electron chi connectivity index (χ0n) is 10.9. The molecule has 4 aliphatic rings. The highest BCUT2D eigenvalue weighted by Crippen LogP contribution is 2.42. The summed E-state index contributed by atoms with van der Waals surface area (Å²) in [6, 6.07) is 1.06. The van der Waals surface area contributed by atoms with E-state index in [0.29, 0.717) is 12.1 Å². The minimum Gasteiger partial charge on any atom is -0.351 e. The van der Waals surface area contributed by atoms with Crippen molar-refractivity contribution in [2.24, 2.45) is 0 Å². The number of nitrogens with zero attached hydrogens (tertiary/aromatic N) is 2. The van der Waals surface area contributed by atoms with Crippen molar-refractivity contribution in [3.05, 3.63) is 59.0 Å². The van der Waals surface area contributed by atoms with Gasteiger partial charge in [-0.3, -0.25) is 0 Å². The molecule has 0 aromatic carbocycles. The molecule has 0 N–H and O–H groups in total. The minimum atomic E-state index is 0.528. The molecule has 0 aromatic rings. The summed E-state index contributed by atoms with van der Waals surface area (Å²) in [6.45, 7) is 5.45. The largest absolute Gasteiger partial charge is 0.351 e. The second-order valence-corrected chi connectivity index (χ2v) is 5.56. The third kappa shape index (κ3) is 1.18. The molecule has 2 heteroatoms. The molecule has 0 spiro atoms. The highest BCUT2D eigenvalue weighted by atomic mass is 15.4. The molecule has 3 aliphatic heterocycles. The lowest BCUT2D eigenvalue weighted by atomic mass is 9.81. The van der Waals surface area contributed by atoms with Gasteiger partial charge in [0.15, 0.2) is 0 Å². The van der Waals surface area contributed by atoms with Gasteiger partial charge in [-0.15, -0.1) is 0 Å². The van der Waals surface area contributed by atoms with E-state index >= 15 is 0 Å². The van der Waals surface area contributed by atoms with Gasteiger partial charge in [0.25, 0.3) is 0 Å². The summed E-state index contributed by atoms with van der Waals surface area (Å²) in [4.78, 5) is 4.97. The van der Waals surface area contributed by atoms with E-state index in [1.165, 1.54) is 22.3 Å². The number of allylic oxidation sites excluding steroid dienone is 4. The molecule has 2 unspecified atom stereocenters. The summed E-state index contributed by atoms with van der Waals surface area (Å²) in [7, 11) is 0. The van der Waals surface area contributed by atoms with Gasteiger partial charge in [0.2, 0.25) is 0 Å². The van der Waals surface area contributed by atoms with E-state index in [9.17, 15) is 0 Å². The first-order chi connectivity index (χ1) is 8.78. The van der Waals surface area contributed by atoms with E-state index in [2.05, 4.69) is 60.4 Å². The number of hydrogen-bond donors (Lipinski definition) is 0. The third-order valence-electron chi connectivity index (χ3n) is 4.44.